The molecule has 0 unspecified atom stereocenters. The summed E-state index contributed by atoms with van der Waals surface area (Å²) in [4.78, 5) is 43.2. The highest BCUT2D eigenvalue weighted by atomic mass is 35.5. The van der Waals surface area contributed by atoms with Gasteiger partial charge in [0.15, 0.2) is 0 Å². The van der Waals surface area contributed by atoms with Gasteiger partial charge < -0.3 is 4.90 Å². The first-order chi connectivity index (χ1) is 20.8. The van der Waals surface area contributed by atoms with E-state index in [9.17, 15) is 19.7 Å². The summed E-state index contributed by atoms with van der Waals surface area (Å²) >= 11 is 7.92. The number of benzene rings is 4. The van der Waals surface area contributed by atoms with E-state index < -0.39 is 11.0 Å². The lowest BCUT2D eigenvalue weighted by atomic mass is 9.89. The summed E-state index contributed by atoms with van der Waals surface area (Å²) in [5, 5.41) is 12.2. The number of hydrogen-bond donors (Lipinski definition) is 0. The van der Waals surface area contributed by atoms with Crippen LogP contribution in [0.15, 0.2) is 97.1 Å². The van der Waals surface area contributed by atoms with Gasteiger partial charge >= 0.3 is 0 Å². The van der Waals surface area contributed by atoms with Crippen molar-refractivity contribution in [2.45, 2.75) is 38.8 Å². The maximum atomic E-state index is 14.5. The third-order valence-corrected chi connectivity index (χ3v) is 9.62. The first-order valence-electron chi connectivity index (χ1n) is 14.0. The van der Waals surface area contributed by atoms with Crippen LogP contribution < -0.4 is 9.80 Å². The summed E-state index contributed by atoms with van der Waals surface area (Å²) in [6.07, 6.45) is 1.38. The zero-order valence-electron chi connectivity index (χ0n) is 23.6. The van der Waals surface area contributed by atoms with E-state index in [2.05, 4.69) is 6.92 Å². The van der Waals surface area contributed by atoms with Gasteiger partial charge in [0.2, 0.25) is 0 Å². The van der Waals surface area contributed by atoms with Gasteiger partial charge in [-0.3, -0.25) is 24.6 Å². The Morgan fingerprint density at radius 3 is 2.40 bits per heavy atom. The van der Waals surface area contributed by atoms with Gasteiger partial charge in [0.25, 0.3) is 17.5 Å². The summed E-state index contributed by atoms with van der Waals surface area (Å²) in [6, 6.07) is 28.6. The number of carbonyl (C=O) groups is 2. The topological polar surface area (TPSA) is 83.8 Å². The van der Waals surface area contributed by atoms with Crippen LogP contribution in [-0.4, -0.2) is 22.8 Å². The summed E-state index contributed by atoms with van der Waals surface area (Å²) in [5.41, 5.74) is 4.00. The lowest BCUT2D eigenvalue weighted by molar-refractivity contribution is -0.384. The van der Waals surface area contributed by atoms with Gasteiger partial charge in [-0.1, -0.05) is 67.1 Å². The molecule has 6 rings (SSSR count). The minimum atomic E-state index is -0.462. The van der Waals surface area contributed by atoms with Gasteiger partial charge in [0, 0.05) is 45.2 Å². The van der Waals surface area contributed by atoms with Gasteiger partial charge in [-0.15, -0.1) is 11.3 Å². The van der Waals surface area contributed by atoms with E-state index in [0.29, 0.717) is 32.6 Å². The van der Waals surface area contributed by atoms with E-state index in [0.717, 1.165) is 34.6 Å². The second-order valence-corrected chi connectivity index (χ2v) is 12.0. The standard InChI is InChI=1S/C34H28ClN3O4S/c1-3-22-13-15-23(16-14-22)33(39)36-21(2)19-29(26-11-7-8-12-28(26)36)37(24-9-5-4-6-10-24)34(40)32-31(35)27-18-17-25(38(41)42)20-30(27)43-32/h4-18,20-21,29H,3,19H2,1-2H3/t21-,29+/m1/s1. The number of nitro benzene ring substituents is 1. The Morgan fingerprint density at radius 2 is 1.70 bits per heavy atom. The molecule has 2 atom stereocenters. The quantitative estimate of drug-likeness (QED) is 0.142. The highest BCUT2D eigenvalue weighted by molar-refractivity contribution is 7.21. The highest BCUT2D eigenvalue weighted by Crippen LogP contribution is 2.45. The number of hydrogen-bond acceptors (Lipinski definition) is 5. The number of nitro groups is 1. The van der Waals surface area contributed by atoms with Crippen molar-refractivity contribution in [1.29, 1.82) is 0 Å². The number of amides is 2. The minimum Gasteiger partial charge on any atom is -0.305 e. The molecular weight excluding hydrogens is 582 g/mol. The summed E-state index contributed by atoms with van der Waals surface area (Å²) < 4.78 is 0.568. The molecule has 9 heteroatoms. The Morgan fingerprint density at radius 1 is 1.00 bits per heavy atom. The van der Waals surface area contributed by atoms with E-state index >= 15 is 0 Å². The van der Waals surface area contributed by atoms with E-state index in [1.165, 1.54) is 12.1 Å². The molecular formula is C34H28ClN3O4S. The normalized spacial score (nSPS) is 16.1. The van der Waals surface area contributed by atoms with Gasteiger partial charge in [-0.2, -0.15) is 0 Å². The molecule has 0 radical (unpaired) electrons. The first kappa shape index (κ1) is 28.6. The van der Waals surface area contributed by atoms with Crippen molar-refractivity contribution in [1.82, 2.24) is 0 Å². The zero-order chi connectivity index (χ0) is 30.2. The predicted molar refractivity (Wildman–Crippen MR) is 173 cm³/mol. The average Bonchev–Trinajstić information content (AvgIpc) is 3.37. The molecule has 1 aliphatic rings. The number of anilines is 2. The van der Waals surface area contributed by atoms with Crippen molar-refractivity contribution in [3.05, 3.63) is 134 Å². The third-order valence-electron chi connectivity index (χ3n) is 7.97. The van der Waals surface area contributed by atoms with E-state index in [1.54, 1.807) is 11.0 Å². The van der Waals surface area contributed by atoms with Crippen LogP contribution >= 0.6 is 22.9 Å². The molecule has 2 heterocycles. The molecule has 0 spiro atoms. The Bertz CT molecular complexity index is 1860. The Kier molecular flexibility index (Phi) is 7.73. The fraction of sp³-hybridized carbons (Fsp3) is 0.176. The number of carbonyl (C=O) groups excluding carboxylic acids is 2. The third kappa shape index (κ3) is 5.17. The summed E-state index contributed by atoms with van der Waals surface area (Å²) in [5.74, 6) is -0.394. The van der Waals surface area contributed by atoms with Crippen LogP contribution in [0.4, 0.5) is 17.1 Å². The fourth-order valence-electron chi connectivity index (χ4n) is 5.80. The van der Waals surface area contributed by atoms with Gasteiger partial charge in [0.05, 0.1) is 16.0 Å². The maximum Gasteiger partial charge on any atom is 0.270 e. The van der Waals surface area contributed by atoms with Crippen molar-refractivity contribution < 1.29 is 14.5 Å². The molecule has 0 saturated heterocycles. The average molecular weight is 610 g/mol. The van der Waals surface area contributed by atoms with E-state index in [-0.39, 0.29) is 28.6 Å². The molecule has 4 aromatic carbocycles. The summed E-state index contributed by atoms with van der Waals surface area (Å²) in [6.45, 7) is 4.08. The first-order valence-corrected chi connectivity index (χ1v) is 15.2. The van der Waals surface area contributed by atoms with Crippen LogP contribution in [0.2, 0.25) is 5.02 Å². The zero-order valence-corrected chi connectivity index (χ0v) is 25.1. The molecule has 0 saturated carbocycles. The van der Waals surface area contributed by atoms with E-state index in [4.69, 9.17) is 11.6 Å². The second kappa shape index (κ2) is 11.6. The van der Waals surface area contributed by atoms with Crippen molar-refractivity contribution in [2.24, 2.45) is 0 Å². The van der Waals surface area contributed by atoms with Crippen molar-refractivity contribution in [2.75, 3.05) is 9.80 Å². The number of rotatable bonds is 6. The highest BCUT2D eigenvalue weighted by Gasteiger charge is 2.40. The van der Waals surface area contributed by atoms with Crippen LogP contribution in [0, 0.1) is 10.1 Å². The number of aryl methyl sites for hydroxylation is 1. The molecule has 0 aliphatic carbocycles. The van der Waals surface area contributed by atoms with Crippen molar-refractivity contribution >= 4 is 61.9 Å². The number of halogens is 1. The number of fused-ring (bicyclic) bond motifs is 2. The number of thiophene rings is 1. The monoisotopic (exact) mass is 609 g/mol. The van der Waals surface area contributed by atoms with Crippen molar-refractivity contribution in [3.63, 3.8) is 0 Å². The van der Waals surface area contributed by atoms with E-state index in [1.807, 2.05) is 90.7 Å². The molecule has 1 aromatic heterocycles. The molecule has 2 amide bonds. The molecule has 0 bridgehead atoms. The minimum absolute atomic E-state index is 0.0616. The Hall–Kier alpha value is -4.53. The van der Waals surface area contributed by atoms with Crippen LogP contribution in [0.25, 0.3) is 10.1 Å². The van der Waals surface area contributed by atoms with Crippen LogP contribution in [0.3, 0.4) is 0 Å². The lowest BCUT2D eigenvalue weighted by Crippen LogP contribution is -2.47. The van der Waals surface area contributed by atoms with Gasteiger partial charge in [-0.25, -0.2) is 0 Å². The molecule has 1 aliphatic heterocycles. The van der Waals surface area contributed by atoms with Gasteiger partial charge in [0.1, 0.15) is 4.88 Å². The SMILES string of the molecule is CCc1ccc(C(=O)N2c3ccccc3[C@@H](N(C(=O)c3sc4cc([N+](=O)[O-])ccc4c3Cl)c3ccccc3)C[C@H]2C)cc1. The molecule has 216 valence electrons. The van der Waals surface area contributed by atoms with Crippen molar-refractivity contribution in [3.8, 4) is 0 Å². The molecule has 0 fully saturated rings. The maximum absolute atomic E-state index is 14.5. The Balaban J connectivity index is 1.45. The van der Waals surface area contributed by atoms with Crippen LogP contribution in [0.5, 0.6) is 0 Å². The second-order valence-electron chi connectivity index (χ2n) is 10.6. The number of non-ortho nitro benzene ring substituents is 1. The number of nitrogens with zero attached hydrogens (tertiary/aromatic N) is 3. The molecule has 43 heavy (non-hydrogen) atoms. The largest absolute Gasteiger partial charge is 0.305 e. The van der Waals surface area contributed by atoms with Crippen LogP contribution in [-0.2, 0) is 6.42 Å². The lowest BCUT2D eigenvalue weighted by Gasteiger charge is -2.43. The number of para-hydroxylation sites is 2. The Labute approximate surface area is 258 Å². The van der Waals surface area contributed by atoms with Gasteiger partial charge in [-0.05, 0) is 67.3 Å². The molecule has 7 nitrogen and oxygen atoms in total. The molecule has 0 N–H and O–H groups in total. The predicted octanol–water partition coefficient (Wildman–Crippen LogP) is 8.85. The smallest absolute Gasteiger partial charge is 0.270 e. The van der Waals surface area contributed by atoms with Crippen LogP contribution in [0.1, 0.15) is 57.5 Å². The summed E-state index contributed by atoms with van der Waals surface area (Å²) in [7, 11) is 0. The fourth-order valence-corrected chi connectivity index (χ4v) is 7.28. The molecule has 5 aromatic rings.